The average molecular weight is 474 g/mol. The lowest BCUT2D eigenvalue weighted by atomic mass is 9.45. The maximum Gasteiger partial charge on any atom is 0.407 e. The highest BCUT2D eigenvalue weighted by Gasteiger charge is 2.66. The van der Waals surface area contributed by atoms with Gasteiger partial charge in [0.1, 0.15) is 6.10 Å². The van der Waals surface area contributed by atoms with Gasteiger partial charge in [0.05, 0.1) is 19.0 Å². The molecule has 0 radical (unpaired) electrons. The minimum atomic E-state index is -0.607. The van der Waals surface area contributed by atoms with E-state index in [1.54, 1.807) is 7.11 Å². The zero-order valence-electron chi connectivity index (χ0n) is 22.1. The lowest BCUT2D eigenvalue weighted by molar-refractivity contribution is -0.181. The summed E-state index contributed by atoms with van der Waals surface area (Å²) in [6.45, 7) is 9.78. The first kappa shape index (κ1) is 25.6. The van der Waals surface area contributed by atoms with E-state index in [1.807, 2.05) is 6.26 Å². The summed E-state index contributed by atoms with van der Waals surface area (Å²) < 4.78 is 11.1. The second-order valence-corrected chi connectivity index (χ2v) is 12.0. The molecule has 0 aromatic rings. The molecule has 4 aliphatic rings. The summed E-state index contributed by atoms with van der Waals surface area (Å²) in [5.74, 6) is 1.23. The SMILES string of the molecule is CCCCCNC(=O)O[C@@H]1C=C2CCC3C(CC[C@]4(C)[C@@H](/C(C)=C/OC)CC[C@]34O)[C@@]2(C)CC1. The molecule has 5 nitrogen and oxygen atoms in total. The predicted molar refractivity (Wildman–Crippen MR) is 135 cm³/mol. The summed E-state index contributed by atoms with van der Waals surface area (Å²) in [6.07, 6.45) is 15.1. The van der Waals surface area contributed by atoms with Crippen molar-refractivity contribution in [2.75, 3.05) is 13.7 Å². The lowest BCUT2D eigenvalue weighted by Crippen LogP contribution is -2.60. The van der Waals surface area contributed by atoms with Crippen LogP contribution in [0.4, 0.5) is 4.79 Å². The highest BCUT2D eigenvalue weighted by molar-refractivity contribution is 5.67. The quantitative estimate of drug-likeness (QED) is 0.251. The van der Waals surface area contributed by atoms with Crippen molar-refractivity contribution in [3.8, 4) is 0 Å². The molecule has 0 saturated heterocycles. The van der Waals surface area contributed by atoms with E-state index in [1.165, 1.54) is 11.1 Å². The normalized spacial score (nSPS) is 41.6. The van der Waals surface area contributed by atoms with Crippen molar-refractivity contribution in [1.82, 2.24) is 5.32 Å². The van der Waals surface area contributed by atoms with Crippen LogP contribution in [0.25, 0.3) is 0 Å². The lowest BCUT2D eigenvalue weighted by Gasteiger charge is -2.62. The van der Waals surface area contributed by atoms with Crippen molar-refractivity contribution < 1.29 is 19.4 Å². The van der Waals surface area contributed by atoms with E-state index in [-0.39, 0.29) is 23.0 Å². The van der Waals surface area contributed by atoms with Crippen LogP contribution in [0.15, 0.2) is 23.5 Å². The highest BCUT2D eigenvalue weighted by atomic mass is 16.6. The molecule has 192 valence electrons. The maximum absolute atomic E-state index is 12.3. The van der Waals surface area contributed by atoms with Crippen LogP contribution in [0.5, 0.6) is 0 Å². The van der Waals surface area contributed by atoms with Gasteiger partial charge in [-0.3, -0.25) is 0 Å². The van der Waals surface area contributed by atoms with Crippen molar-refractivity contribution in [1.29, 1.82) is 0 Å². The van der Waals surface area contributed by atoms with Gasteiger partial charge in [-0.15, -0.1) is 0 Å². The van der Waals surface area contributed by atoms with Gasteiger partial charge in [0, 0.05) is 12.0 Å². The monoisotopic (exact) mass is 473 g/mol. The fourth-order valence-electron chi connectivity index (χ4n) is 8.50. The van der Waals surface area contributed by atoms with Crippen LogP contribution in [-0.4, -0.2) is 36.6 Å². The summed E-state index contributed by atoms with van der Waals surface area (Å²) >= 11 is 0. The number of allylic oxidation sites excluding steroid dienone is 2. The Morgan fingerprint density at radius 3 is 2.68 bits per heavy atom. The van der Waals surface area contributed by atoms with Crippen LogP contribution in [-0.2, 0) is 9.47 Å². The second kappa shape index (κ2) is 9.87. The number of fused-ring (bicyclic) bond motifs is 5. The maximum atomic E-state index is 12.3. The van der Waals surface area contributed by atoms with Crippen LogP contribution in [0.3, 0.4) is 0 Å². The number of hydrogen-bond donors (Lipinski definition) is 2. The number of ether oxygens (including phenoxy) is 2. The Balaban J connectivity index is 1.47. The van der Waals surface area contributed by atoms with Crippen molar-refractivity contribution in [2.45, 2.75) is 110 Å². The molecule has 0 spiro atoms. The van der Waals surface area contributed by atoms with E-state index in [0.29, 0.717) is 24.3 Å². The molecular weight excluding hydrogens is 426 g/mol. The number of aliphatic hydroxyl groups is 1. The van der Waals surface area contributed by atoms with Gasteiger partial charge < -0.3 is 19.9 Å². The van der Waals surface area contributed by atoms with E-state index in [2.05, 4.69) is 39.1 Å². The summed E-state index contributed by atoms with van der Waals surface area (Å²) in [4.78, 5) is 12.3. The molecule has 4 rings (SSSR count). The van der Waals surface area contributed by atoms with Gasteiger partial charge in [0.2, 0.25) is 0 Å². The van der Waals surface area contributed by atoms with E-state index in [0.717, 1.165) is 70.6 Å². The molecule has 0 aromatic heterocycles. The van der Waals surface area contributed by atoms with Gasteiger partial charge in [-0.2, -0.15) is 0 Å². The molecule has 7 atom stereocenters. The summed E-state index contributed by atoms with van der Waals surface area (Å²) in [5.41, 5.74) is 2.14. The molecule has 1 amide bonds. The molecule has 3 saturated carbocycles. The van der Waals surface area contributed by atoms with Gasteiger partial charge in [-0.25, -0.2) is 4.79 Å². The zero-order valence-corrected chi connectivity index (χ0v) is 22.1. The topological polar surface area (TPSA) is 67.8 Å². The number of rotatable bonds is 7. The smallest absolute Gasteiger partial charge is 0.407 e. The third-order valence-corrected chi connectivity index (χ3v) is 10.4. The van der Waals surface area contributed by atoms with Crippen LogP contribution in [0, 0.1) is 28.6 Å². The fraction of sp³-hybridized carbons (Fsp3) is 0.828. The first-order chi connectivity index (χ1) is 16.2. The molecule has 3 fully saturated rings. The third kappa shape index (κ3) is 4.20. The minimum absolute atomic E-state index is 0.0823. The number of nitrogens with one attached hydrogen (secondary N) is 1. The highest BCUT2D eigenvalue weighted by Crippen LogP contribution is 2.69. The molecule has 4 aliphatic carbocycles. The molecular formula is C29H47NO4. The number of carbonyl (C=O) groups is 1. The molecule has 5 heteroatoms. The van der Waals surface area contributed by atoms with Gasteiger partial charge in [-0.1, -0.05) is 39.2 Å². The molecule has 0 heterocycles. The summed E-state index contributed by atoms with van der Waals surface area (Å²) in [6, 6.07) is 0. The first-order valence-corrected chi connectivity index (χ1v) is 13.8. The minimum Gasteiger partial charge on any atom is -0.504 e. The van der Waals surface area contributed by atoms with Crippen molar-refractivity contribution >= 4 is 6.09 Å². The molecule has 0 aromatic carbocycles. The average Bonchev–Trinajstić information content (AvgIpc) is 3.08. The first-order valence-electron chi connectivity index (χ1n) is 13.8. The summed E-state index contributed by atoms with van der Waals surface area (Å²) in [7, 11) is 1.72. The number of hydrogen-bond acceptors (Lipinski definition) is 4. The number of alkyl carbamates (subject to hydrolysis) is 1. The Hall–Kier alpha value is -1.49. The molecule has 0 aliphatic heterocycles. The van der Waals surface area contributed by atoms with E-state index >= 15 is 0 Å². The third-order valence-electron chi connectivity index (χ3n) is 10.4. The van der Waals surface area contributed by atoms with Crippen molar-refractivity contribution in [3.05, 3.63) is 23.5 Å². The Bertz CT molecular complexity index is 821. The molecule has 2 N–H and O–H groups in total. The standard InChI is InChI=1S/C29H47NO4/c1-6-7-8-17-30-26(31)34-22-11-14-27(3)21(18-22)9-10-25-24(27)12-15-28(4)23(20(2)19-33-5)13-16-29(25,28)32/h18-19,22-25,32H,6-17H2,1-5H3,(H,30,31)/b20-19+/t22-,23+,24?,25?,27-,28+,29-/m0/s1. The van der Waals surface area contributed by atoms with E-state index < -0.39 is 5.60 Å². The zero-order chi connectivity index (χ0) is 24.6. The predicted octanol–water partition coefficient (Wildman–Crippen LogP) is 6.52. The van der Waals surface area contributed by atoms with Crippen molar-refractivity contribution in [2.24, 2.45) is 28.6 Å². The van der Waals surface area contributed by atoms with E-state index in [9.17, 15) is 9.90 Å². The molecule has 0 bridgehead atoms. The largest absolute Gasteiger partial charge is 0.504 e. The molecule has 34 heavy (non-hydrogen) atoms. The Labute approximate surface area is 206 Å². The van der Waals surface area contributed by atoms with Crippen LogP contribution in [0.2, 0.25) is 0 Å². The Kier molecular flexibility index (Phi) is 7.43. The van der Waals surface area contributed by atoms with Crippen LogP contribution >= 0.6 is 0 Å². The van der Waals surface area contributed by atoms with Gasteiger partial charge in [0.25, 0.3) is 0 Å². The molecule has 2 unspecified atom stereocenters. The number of amides is 1. The van der Waals surface area contributed by atoms with E-state index in [4.69, 9.17) is 9.47 Å². The number of unbranched alkanes of at least 4 members (excludes halogenated alkanes) is 2. The summed E-state index contributed by atoms with van der Waals surface area (Å²) in [5, 5.41) is 15.2. The second-order valence-electron chi connectivity index (χ2n) is 12.0. The van der Waals surface area contributed by atoms with Crippen LogP contribution in [0.1, 0.15) is 98.3 Å². The van der Waals surface area contributed by atoms with Crippen LogP contribution < -0.4 is 5.32 Å². The van der Waals surface area contributed by atoms with Gasteiger partial charge >= 0.3 is 6.09 Å². The van der Waals surface area contributed by atoms with Gasteiger partial charge in [0.15, 0.2) is 0 Å². The number of methoxy groups -OCH3 is 1. The van der Waals surface area contributed by atoms with Crippen molar-refractivity contribution in [3.63, 3.8) is 0 Å². The Morgan fingerprint density at radius 2 is 1.94 bits per heavy atom. The number of carbonyl (C=O) groups excluding carboxylic acids is 1. The van der Waals surface area contributed by atoms with Gasteiger partial charge in [-0.05, 0) is 99.5 Å². The Morgan fingerprint density at radius 1 is 1.15 bits per heavy atom. The fourth-order valence-corrected chi connectivity index (χ4v) is 8.50.